The van der Waals surface area contributed by atoms with Crippen LogP contribution in [-0.2, 0) is 11.2 Å². The lowest BCUT2D eigenvalue weighted by atomic mass is 10.0. The number of halogens is 1. The van der Waals surface area contributed by atoms with E-state index >= 15 is 0 Å². The first-order valence-electron chi connectivity index (χ1n) is 7.71. The highest BCUT2D eigenvalue weighted by molar-refractivity contribution is 5.85. The number of rotatable bonds is 3. The molecule has 0 bridgehead atoms. The molecule has 22 heavy (non-hydrogen) atoms. The number of carbonyl (C=O) groups is 1. The summed E-state index contributed by atoms with van der Waals surface area (Å²) in [5.74, 6) is 0.275. The van der Waals surface area contributed by atoms with Crippen LogP contribution in [0.3, 0.4) is 0 Å². The minimum absolute atomic E-state index is 0. The van der Waals surface area contributed by atoms with Crippen molar-refractivity contribution in [2.45, 2.75) is 25.8 Å². The molecular formula is C18H23ClN2O. The first kappa shape index (κ1) is 16.8. The van der Waals surface area contributed by atoms with E-state index in [0.29, 0.717) is 12.5 Å². The van der Waals surface area contributed by atoms with Crippen LogP contribution in [0.25, 0.3) is 10.8 Å². The van der Waals surface area contributed by atoms with Gasteiger partial charge in [-0.05, 0) is 29.7 Å². The van der Waals surface area contributed by atoms with Crippen molar-refractivity contribution in [3.63, 3.8) is 0 Å². The lowest BCUT2D eigenvalue weighted by Gasteiger charge is -2.32. The Labute approximate surface area is 138 Å². The zero-order valence-corrected chi connectivity index (χ0v) is 13.7. The molecule has 3 rings (SSSR count). The van der Waals surface area contributed by atoms with Crippen molar-refractivity contribution >= 4 is 29.1 Å². The van der Waals surface area contributed by atoms with Crippen LogP contribution in [0.5, 0.6) is 0 Å². The summed E-state index contributed by atoms with van der Waals surface area (Å²) in [6, 6.07) is 15.2. The van der Waals surface area contributed by atoms with Crippen LogP contribution < -0.4 is 5.32 Å². The third-order valence-corrected chi connectivity index (χ3v) is 4.16. The van der Waals surface area contributed by atoms with Crippen molar-refractivity contribution < 1.29 is 4.79 Å². The Morgan fingerprint density at radius 3 is 2.77 bits per heavy atom. The summed E-state index contributed by atoms with van der Waals surface area (Å²) in [6.07, 6.45) is 1.42. The maximum atomic E-state index is 12.3. The molecule has 2 aromatic carbocycles. The number of amides is 1. The quantitative estimate of drug-likeness (QED) is 0.943. The van der Waals surface area contributed by atoms with E-state index in [4.69, 9.17) is 0 Å². The van der Waals surface area contributed by atoms with E-state index in [0.717, 1.165) is 26.1 Å². The Balaban J connectivity index is 0.00000176. The van der Waals surface area contributed by atoms with E-state index in [1.165, 1.54) is 16.3 Å². The van der Waals surface area contributed by atoms with E-state index in [9.17, 15) is 4.79 Å². The summed E-state index contributed by atoms with van der Waals surface area (Å²) < 4.78 is 0. The van der Waals surface area contributed by atoms with Crippen molar-refractivity contribution in [2.24, 2.45) is 0 Å². The van der Waals surface area contributed by atoms with Gasteiger partial charge in [-0.25, -0.2) is 0 Å². The van der Waals surface area contributed by atoms with Gasteiger partial charge in [-0.3, -0.25) is 4.79 Å². The number of carbonyl (C=O) groups excluding carboxylic acids is 1. The lowest BCUT2D eigenvalue weighted by molar-refractivity contribution is -0.132. The second-order valence-electron chi connectivity index (χ2n) is 5.88. The van der Waals surface area contributed by atoms with Crippen LogP contribution >= 0.6 is 12.4 Å². The van der Waals surface area contributed by atoms with E-state index in [1.807, 2.05) is 4.90 Å². The van der Waals surface area contributed by atoms with Gasteiger partial charge in [-0.1, -0.05) is 42.5 Å². The minimum atomic E-state index is 0. The summed E-state index contributed by atoms with van der Waals surface area (Å²) >= 11 is 0. The predicted octanol–water partition coefficient (Wildman–Crippen LogP) is 3.01. The van der Waals surface area contributed by atoms with E-state index in [-0.39, 0.29) is 18.3 Å². The fourth-order valence-corrected chi connectivity index (χ4v) is 2.96. The Kier molecular flexibility index (Phi) is 5.81. The van der Waals surface area contributed by atoms with Crippen LogP contribution in [-0.4, -0.2) is 36.5 Å². The zero-order chi connectivity index (χ0) is 14.7. The number of nitrogens with zero attached hydrogens (tertiary/aromatic N) is 1. The molecule has 0 aliphatic carbocycles. The lowest BCUT2D eigenvalue weighted by Crippen LogP contribution is -2.51. The first-order chi connectivity index (χ1) is 10.2. The number of hydrogen-bond acceptors (Lipinski definition) is 2. The Morgan fingerprint density at radius 1 is 1.23 bits per heavy atom. The molecule has 1 N–H and O–H groups in total. The number of benzene rings is 2. The number of aryl methyl sites for hydroxylation is 1. The van der Waals surface area contributed by atoms with Crippen LogP contribution in [0.2, 0.25) is 0 Å². The molecular weight excluding hydrogens is 296 g/mol. The molecule has 4 heteroatoms. The monoisotopic (exact) mass is 318 g/mol. The smallest absolute Gasteiger partial charge is 0.222 e. The highest BCUT2D eigenvalue weighted by atomic mass is 35.5. The van der Waals surface area contributed by atoms with Crippen LogP contribution in [0, 0.1) is 0 Å². The van der Waals surface area contributed by atoms with Gasteiger partial charge in [0.1, 0.15) is 0 Å². The summed E-state index contributed by atoms with van der Waals surface area (Å²) in [4.78, 5) is 14.3. The number of hydrogen-bond donors (Lipinski definition) is 1. The van der Waals surface area contributed by atoms with Crippen LogP contribution in [0.15, 0.2) is 42.5 Å². The van der Waals surface area contributed by atoms with Gasteiger partial charge in [0.2, 0.25) is 5.91 Å². The third kappa shape index (κ3) is 3.99. The van der Waals surface area contributed by atoms with Crippen molar-refractivity contribution in [3.8, 4) is 0 Å². The highest BCUT2D eigenvalue weighted by Gasteiger charge is 2.19. The molecule has 2 aromatic rings. The Bertz CT molecular complexity index is 644. The fraction of sp³-hybridized carbons (Fsp3) is 0.389. The minimum Gasteiger partial charge on any atom is -0.340 e. The second-order valence-corrected chi connectivity index (χ2v) is 5.88. The van der Waals surface area contributed by atoms with Crippen molar-refractivity contribution in [1.29, 1.82) is 0 Å². The molecule has 1 amide bonds. The Morgan fingerprint density at radius 2 is 2.00 bits per heavy atom. The largest absolute Gasteiger partial charge is 0.340 e. The number of piperazine rings is 1. The van der Waals surface area contributed by atoms with Crippen LogP contribution in [0.1, 0.15) is 18.9 Å². The van der Waals surface area contributed by atoms with E-state index < -0.39 is 0 Å². The highest BCUT2D eigenvalue weighted by Crippen LogP contribution is 2.17. The molecule has 1 unspecified atom stereocenters. The van der Waals surface area contributed by atoms with E-state index in [1.54, 1.807) is 0 Å². The molecule has 1 aliphatic rings. The predicted molar refractivity (Wildman–Crippen MR) is 93.6 cm³/mol. The molecule has 1 aliphatic heterocycles. The maximum absolute atomic E-state index is 12.3. The molecule has 0 spiro atoms. The standard InChI is InChI=1S/C18H22N2O.ClH/c1-14-13-20(11-10-19-14)18(21)9-7-15-6-8-16-4-2-3-5-17(16)12-15;/h2-6,8,12,14,19H,7,9-11,13H2,1H3;1H. The molecule has 0 radical (unpaired) electrons. The summed E-state index contributed by atoms with van der Waals surface area (Å²) in [5, 5.41) is 5.87. The van der Waals surface area contributed by atoms with Gasteiger partial charge in [-0.2, -0.15) is 0 Å². The molecule has 3 nitrogen and oxygen atoms in total. The molecule has 1 fully saturated rings. The van der Waals surface area contributed by atoms with Gasteiger partial charge in [0.05, 0.1) is 0 Å². The third-order valence-electron chi connectivity index (χ3n) is 4.16. The summed E-state index contributed by atoms with van der Waals surface area (Å²) in [7, 11) is 0. The number of nitrogens with one attached hydrogen (secondary N) is 1. The van der Waals surface area contributed by atoms with Gasteiger partial charge in [0.15, 0.2) is 0 Å². The van der Waals surface area contributed by atoms with Gasteiger partial charge < -0.3 is 10.2 Å². The Hall–Kier alpha value is -1.58. The van der Waals surface area contributed by atoms with Crippen molar-refractivity contribution in [2.75, 3.05) is 19.6 Å². The maximum Gasteiger partial charge on any atom is 0.222 e. The van der Waals surface area contributed by atoms with Crippen LogP contribution in [0.4, 0.5) is 0 Å². The number of fused-ring (bicyclic) bond motifs is 1. The molecule has 1 atom stereocenters. The van der Waals surface area contributed by atoms with Crippen molar-refractivity contribution in [3.05, 3.63) is 48.0 Å². The molecule has 0 aromatic heterocycles. The first-order valence-corrected chi connectivity index (χ1v) is 7.71. The van der Waals surface area contributed by atoms with E-state index in [2.05, 4.69) is 54.7 Å². The van der Waals surface area contributed by atoms with Gasteiger partial charge >= 0.3 is 0 Å². The second kappa shape index (κ2) is 7.61. The van der Waals surface area contributed by atoms with Crippen molar-refractivity contribution in [1.82, 2.24) is 10.2 Å². The van der Waals surface area contributed by atoms with Gasteiger partial charge in [-0.15, -0.1) is 12.4 Å². The normalized spacial score (nSPS) is 18.0. The zero-order valence-electron chi connectivity index (χ0n) is 12.9. The SMILES string of the molecule is CC1CN(C(=O)CCc2ccc3ccccc3c2)CCN1.Cl. The average Bonchev–Trinajstić information content (AvgIpc) is 2.52. The summed E-state index contributed by atoms with van der Waals surface area (Å²) in [5.41, 5.74) is 1.24. The van der Waals surface area contributed by atoms with Gasteiger partial charge in [0.25, 0.3) is 0 Å². The molecule has 1 saturated heterocycles. The van der Waals surface area contributed by atoms with Gasteiger partial charge in [0, 0.05) is 32.1 Å². The fourth-order valence-electron chi connectivity index (χ4n) is 2.96. The topological polar surface area (TPSA) is 32.3 Å². The molecule has 0 saturated carbocycles. The molecule has 1 heterocycles. The summed E-state index contributed by atoms with van der Waals surface area (Å²) in [6.45, 7) is 4.70. The molecule has 118 valence electrons. The average molecular weight is 319 g/mol.